The van der Waals surface area contributed by atoms with Crippen LogP contribution >= 0.6 is 11.3 Å². The lowest BCUT2D eigenvalue weighted by atomic mass is 10.0. The van der Waals surface area contributed by atoms with Crippen LogP contribution in [0.25, 0.3) is 0 Å². The van der Waals surface area contributed by atoms with Crippen molar-refractivity contribution >= 4 is 28.9 Å². The fourth-order valence-corrected chi connectivity index (χ4v) is 4.18. The van der Waals surface area contributed by atoms with Gasteiger partial charge in [0, 0.05) is 13.5 Å². The third kappa shape index (κ3) is 4.02. The molecule has 4 rings (SSSR count). The van der Waals surface area contributed by atoms with E-state index in [0.29, 0.717) is 6.42 Å². The summed E-state index contributed by atoms with van der Waals surface area (Å²) in [5.41, 5.74) is 1.76. The molecule has 0 bridgehead atoms. The Bertz CT molecular complexity index is 1080. The average molecular weight is 421 g/mol. The van der Waals surface area contributed by atoms with E-state index in [0.717, 1.165) is 16.2 Å². The molecule has 0 saturated heterocycles. The zero-order valence-electron chi connectivity index (χ0n) is 16.4. The maximum atomic E-state index is 14.0. The monoisotopic (exact) mass is 421 g/mol. The van der Waals surface area contributed by atoms with Crippen molar-refractivity contribution in [2.24, 2.45) is 5.10 Å². The molecule has 0 N–H and O–H groups in total. The van der Waals surface area contributed by atoms with Crippen molar-refractivity contribution in [3.63, 3.8) is 0 Å². The van der Waals surface area contributed by atoms with Gasteiger partial charge in [-0.3, -0.25) is 9.59 Å². The Morgan fingerprint density at radius 1 is 1.10 bits per heavy atom. The molecule has 152 valence electrons. The highest BCUT2D eigenvalue weighted by Crippen LogP contribution is 2.33. The molecular weight excluding hydrogens is 401 g/mol. The first-order valence-electron chi connectivity index (χ1n) is 9.53. The fourth-order valence-electron chi connectivity index (χ4n) is 3.45. The second-order valence-corrected chi connectivity index (χ2v) is 7.98. The second-order valence-electron chi connectivity index (χ2n) is 7.03. The molecule has 5 nitrogen and oxygen atoms in total. The van der Waals surface area contributed by atoms with Gasteiger partial charge in [0.05, 0.1) is 22.2 Å². The van der Waals surface area contributed by atoms with Gasteiger partial charge in [0.1, 0.15) is 12.4 Å². The number of rotatable bonds is 5. The van der Waals surface area contributed by atoms with Gasteiger partial charge in [0.25, 0.3) is 11.8 Å². The molecule has 2 heterocycles. The third-order valence-corrected chi connectivity index (χ3v) is 5.90. The van der Waals surface area contributed by atoms with Crippen molar-refractivity contribution in [3.05, 3.63) is 93.9 Å². The first-order valence-corrected chi connectivity index (χ1v) is 10.4. The number of nitrogens with zero attached hydrogens (tertiary/aromatic N) is 3. The molecule has 30 heavy (non-hydrogen) atoms. The minimum Gasteiger partial charge on any atom is -0.332 e. The zero-order chi connectivity index (χ0) is 21.1. The summed E-state index contributed by atoms with van der Waals surface area (Å²) in [5.74, 6) is -1.47. The predicted octanol–water partition coefficient (Wildman–Crippen LogP) is 4.34. The van der Waals surface area contributed by atoms with E-state index >= 15 is 0 Å². The summed E-state index contributed by atoms with van der Waals surface area (Å²) in [6.07, 6.45) is 0.598. The third-order valence-electron chi connectivity index (χ3n) is 4.98. The number of likely N-dealkylation sites (N-methyl/N-ethyl adjacent to an activating group) is 1. The van der Waals surface area contributed by atoms with E-state index in [4.69, 9.17) is 0 Å². The molecule has 0 saturated carbocycles. The van der Waals surface area contributed by atoms with Crippen LogP contribution < -0.4 is 0 Å². The Kier molecular flexibility index (Phi) is 5.72. The van der Waals surface area contributed by atoms with Crippen molar-refractivity contribution in [2.75, 3.05) is 13.6 Å². The van der Waals surface area contributed by atoms with Gasteiger partial charge >= 0.3 is 0 Å². The predicted molar refractivity (Wildman–Crippen MR) is 115 cm³/mol. The molecule has 1 aliphatic rings. The maximum absolute atomic E-state index is 14.0. The number of hydrogen-bond donors (Lipinski definition) is 0. The molecule has 7 heteroatoms. The van der Waals surface area contributed by atoms with E-state index in [2.05, 4.69) is 5.10 Å². The van der Waals surface area contributed by atoms with Gasteiger partial charge in [0.15, 0.2) is 0 Å². The zero-order valence-corrected chi connectivity index (χ0v) is 17.2. The van der Waals surface area contributed by atoms with E-state index in [1.165, 1.54) is 35.2 Å². The Hall–Kier alpha value is -3.32. The summed E-state index contributed by atoms with van der Waals surface area (Å²) >= 11 is 1.57. The number of hydrazone groups is 1. The van der Waals surface area contributed by atoms with Crippen LogP contribution in [0.15, 0.2) is 77.2 Å². The Labute approximate surface area is 178 Å². The Balaban J connectivity index is 1.56. The van der Waals surface area contributed by atoms with Gasteiger partial charge in [-0.1, -0.05) is 48.5 Å². The molecule has 2 aromatic carbocycles. The van der Waals surface area contributed by atoms with Crippen molar-refractivity contribution in [1.82, 2.24) is 9.91 Å². The van der Waals surface area contributed by atoms with Crippen LogP contribution in [-0.2, 0) is 4.79 Å². The van der Waals surface area contributed by atoms with Crippen LogP contribution in [0, 0.1) is 5.82 Å². The lowest BCUT2D eigenvalue weighted by Crippen LogP contribution is -2.39. The first kappa shape index (κ1) is 20.0. The first-order chi connectivity index (χ1) is 14.5. The highest BCUT2D eigenvalue weighted by Gasteiger charge is 2.34. The molecule has 0 spiro atoms. The van der Waals surface area contributed by atoms with Gasteiger partial charge in [-0.15, -0.1) is 11.3 Å². The standard InChI is InChI=1S/C23H20FN3O2S/c1-26(23(29)17-10-5-6-11-18(17)24)15-22(28)27-20(16-8-3-2-4-9-16)14-19(25-27)21-12-7-13-30-21/h2-13,20H,14-15H2,1H3. The highest BCUT2D eigenvalue weighted by atomic mass is 32.1. The Morgan fingerprint density at radius 3 is 2.53 bits per heavy atom. The van der Waals surface area contributed by atoms with Crippen LogP contribution in [0.4, 0.5) is 4.39 Å². The van der Waals surface area contributed by atoms with Crippen LogP contribution in [0.1, 0.15) is 33.3 Å². The van der Waals surface area contributed by atoms with Crippen LogP contribution in [0.2, 0.25) is 0 Å². The summed E-state index contributed by atoms with van der Waals surface area (Å²) in [7, 11) is 1.49. The van der Waals surface area contributed by atoms with E-state index in [9.17, 15) is 14.0 Å². The number of halogens is 1. The molecule has 3 aromatic rings. The molecule has 1 aromatic heterocycles. The van der Waals surface area contributed by atoms with Crippen LogP contribution in [0.5, 0.6) is 0 Å². The minimum absolute atomic E-state index is 0.0587. The minimum atomic E-state index is -0.608. The van der Waals surface area contributed by atoms with Crippen molar-refractivity contribution in [1.29, 1.82) is 0 Å². The molecule has 2 amide bonds. The number of thiophene rings is 1. The number of carbonyl (C=O) groups is 2. The maximum Gasteiger partial charge on any atom is 0.262 e. The average Bonchev–Trinajstić information content (AvgIpc) is 3.44. The van der Waals surface area contributed by atoms with Gasteiger partial charge < -0.3 is 4.90 Å². The number of hydrogen-bond acceptors (Lipinski definition) is 4. The smallest absolute Gasteiger partial charge is 0.262 e. The molecule has 1 atom stereocenters. The van der Waals surface area contributed by atoms with E-state index < -0.39 is 11.7 Å². The van der Waals surface area contributed by atoms with Gasteiger partial charge in [0.2, 0.25) is 0 Å². The van der Waals surface area contributed by atoms with Crippen molar-refractivity contribution < 1.29 is 14.0 Å². The lowest BCUT2D eigenvalue weighted by Gasteiger charge is -2.25. The van der Waals surface area contributed by atoms with Crippen molar-refractivity contribution in [2.45, 2.75) is 12.5 Å². The molecule has 1 aliphatic heterocycles. The fraction of sp³-hybridized carbons (Fsp3) is 0.174. The van der Waals surface area contributed by atoms with E-state index in [1.54, 1.807) is 17.4 Å². The summed E-state index contributed by atoms with van der Waals surface area (Å²) in [6.45, 7) is -0.197. The molecule has 0 fully saturated rings. The summed E-state index contributed by atoms with van der Waals surface area (Å²) in [5, 5.41) is 8.02. The van der Waals surface area contributed by atoms with Crippen molar-refractivity contribution in [3.8, 4) is 0 Å². The van der Waals surface area contributed by atoms with Gasteiger partial charge in [-0.05, 0) is 29.1 Å². The Morgan fingerprint density at radius 2 is 1.83 bits per heavy atom. The topological polar surface area (TPSA) is 53.0 Å². The highest BCUT2D eigenvalue weighted by molar-refractivity contribution is 7.12. The van der Waals surface area contributed by atoms with E-state index in [-0.39, 0.29) is 24.1 Å². The van der Waals surface area contributed by atoms with Crippen LogP contribution in [-0.4, -0.2) is 41.0 Å². The summed E-state index contributed by atoms with van der Waals surface area (Å²) in [4.78, 5) is 27.9. The molecular formula is C23H20FN3O2S. The molecule has 1 unspecified atom stereocenters. The molecule has 0 aliphatic carbocycles. The normalized spacial score (nSPS) is 15.7. The quantitative estimate of drug-likeness (QED) is 0.616. The lowest BCUT2D eigenvalue weighted by molar-refractivity contribution is -0.133. The SMILES string of the molecule is CN(CC(=O)N1N=C(c2cccs2)CC1c1ccccc1)C(=O)c1ccccc1F. The number of benzene rings is 2. The van der Waals surface area contributed by atoms with Gasteiger partial charge in [-0.25, -0.2) is 9.40 Å². The summed E-state index contributed by atoms with van der Waals surface area (Å²) < 4.78 is 14.0. The second kappa shape index (κ2) is 8.59. The van der Waals surface area contributed by atoms with Gasteiger partial charge in [-0.2, -0.15) is 5.10 Å². The molecule has 0 radical (unpaired) electrons. The van der Waals surface area contributed by atoms with Crippen LogP contribution in [0.3, 0.4) is 0 Å². The summed E-state index contributed by atoms with van der Waals surface area (Å²) in [6, 6.07) is 19.1. The van der Waals surface area contributed by atoms with E-state index in [1.807, 2.05) is 47.8 Å². The number of carbonyl (C=O) groups excluding carboxylic acids is 2. The largest absolute Gasteiger partial charge is 0.332 e. The number of amides is 2.